The van der Waals surface area contributed by atoms with E-state index >= 15 is 0 Å². The van der Waals surface area contributed by atoms with Crippen LogP contribution < -0.4 is 5.73 Å². The number of rotatable bonds is 1. The van der Waals surface area contributed by atoms with Gasteiger partial charge in [-0.15, -0.1) is 0 Å². The van der Waals surface area contributed by atoms with Crippen LogP contribution in [0.5, 0.6) is 0 Å². The Labute approximate surface area is 106 Å². The van der Waals surface area contributed by atoms with E-state index < -0.39 is 5.60 Å². The van der Waals surface area contributed by atoms with Gasteiger partial charge in [0, 0.05) is 5.54 Å². The zero-order valence-corrected chi connectivity index (χ0v) is 12.0. The Balaban J connectivity index is 2.09. The highest BCUT2D eigenvalue weighted by atomic mass is 16.3. The van der Waals surface area contributed by atoms with E-state index in [2.05, 4.69) is 27.7 Å². The standard InChI is InChI=1S/C15H29NO/c1-12(2)6-5-7-15(17,9-8-12)14(16)10-13(3,4)11-14/h17H,5-11,16H2,1-4H3. The van der Waals surface area contributed by atoms with Gasteiger partial charge in [-0.3, -0.25) is 0 Å². The van der Waals surface area contributed by atoms with Crippen LogP contribution in [-0.4, -0.2) is 16.2 Å². The topological polar surface area (TPSA) is 46.2 Å². The van der Waals surface area contributed by atoms with Crippen LogP contribution in [-0.2, 0) is 0 Å². The largest absolute Gasteiger partial charge is 0.388 e. The number of hydrogen-bond donors (Lipinski definition) is 2. The van der Waals surface area contributed by atoms with Gasteiger partial charge in [0.15, 0.2) is 0 Å². The van der Waals surface area contributed by atoms with Crippen LogP contribution in [0.1, 0.15) is 72.6 Å². The fourth-order valence-electron chi connectivity index (χ4n) is 4.14. The second kappa shape index (κ2) is 3.71. The molecule has 3 N–H and O–H groups in total. The summed E-state index contributed by atoms with van der Waals surface area (Å²) < 4.78 is 0. The maximum Gasteiger partial charge on any atom is 0.0826 e. The Morgan fingerprint density at radius 1 is 0.824 bits per heavy atom. The fourth-order valence-corrected chi connectivity index (χ4v) is 4.14. The maximum absolute atomic E-state index is 11.0. The first-order valence-electron chi connectivity index (χ1n) is 7.09. The highest BCUT2D eigenvalue weighted by molar-refractivity contribution is 5.15. The van der Waals surface area contributed by atoms with E-state index in [1.54, 1.807) is 0 Å². The third kappa shape index (κ3) is 2.39. The van der Waals surface area contributed by atoms with Crippen molar-refractivity contribution >= 4 is 0 Å². The molecule has 0 spiro atoms. The van der Waals surface area contributed by atoms with Gasteiger partial charge in [0.1, 0.15) is 0 Å². The molecule has 2 nitrogen and oxygen atoms in total. The van der Waals surface area contributed by atoms with Crippen molar-refractivity contribution in [2.24, 2.45) is 16.6 Å². The predicted molar refractivity (Wildman–Crippen MR) is 71.7 cm³/mol. The molecule has 0 aromatic carbocycles. The Bertz CT molecular complexity index is 300. The van der Waals surface area contributed by atoms with E-state index in [0.29, 0.717) is 10.8 Å². The smallest absolute Gasteiger partial charge is 0.0826 e. The average Bonchev–Trinajstić information content (AvgIpc) is 2.23. The van der Waals surface area contributed by atoms with E-state index in [4.69, 9.17) is 5.73 Å². The lowest BCUT2D eigenvalue weighted by Gasteiger charge is -2.59. The molecule has 0 aromatic heterocycles. The zero-order chi connectivity index (χ0) is 12.9. The first kappa shape index (κ1) is 13.4. The molecule has 2 saturated carbocycles. The summed E-state index contributed by atoms with van der Waals surface area (Å²) in [6.45, 7) is 9.13. The molecule has 2 aliphatic rings. The summed E-state index contributed by atoms with van der Waals surface area (Å²) in [5, 5.41) is 11.0. The summed E-state index contributed by atoms with van der Waals surface area (Å²) >= 11 is 0. The van der Waals surface area contributed by atoms with Gasteiger partial charge in [-0.25, -0.2) is 0 Å². The monoisotopic (exact) mass is 239 g/mol. The first-order chi connectivity index (χ1) is 7.58. The summed E-state index contributed by atoms with van der Waals surface area (Å²) in [6.07, 6.45) is 7.14. The normalized spacial score (nSPS) is 39.2. The fraction of sp³-hybridized carbons (Fsp3) is 1.00. The second-order valence-electron chi connectivity index (χ2n) is 8.22. The molecule has 100 valence electrons. The summed E-state index contributed by atoms with van der Waals surface area (Å²) in [6, 6.07) is 0. The summed E-state index contributed by atoms with van der Waals surface area (Å²) in [4.78, 5) is 0. The molecule has 2 heteroatoms. The third-order valence-corrected chi connectivity index (χ3v) is 5.17. The molecule has 0 aliphatic heterocycles. The van der Waals surface area contributed by atoms with Crippen LogP contribution >= 0.6 is 0 Å². The maximum atomic E-state index is 11.0. The highest BCUT2D eigenvalue weighted by Crippen LogP contribution is 2.55. The van der Waals surface area contributed by atoms with Crippen molar-refractivity contribution in [3.8, 4) is 0 Å². The van der Waals surface area contributed by atoms with Crippen LogP contribution in [0.25, 0.3) is 0 Å². The van der Waals surface area contributed by atoms with Gasteiger partial charge >= 0.3 is 0 Å². The Hall–Kier alpha value is -0.0800. The van der Waals surface area contributed by atoms with Gasteiger partial charge in [0.25, 0.3) is 0 Å². The van der Waals surface area contributed by atoms with Crippen molar-refractivity contribution in [2.75, 3.05) is 0 Å². The Morgan fingerprint density at radius 2 is 1.41 bits per heavy atom. The molecule has 0 amide bonds. The lowest BCUT2D eigenvalue weighted by molar-refractivity contribution is -0.125. The molecule has 0 bridgehead atoms. The lowest BCUT2D eigenvalue weighted by atomic mass is 9.52. The van der Waals surface area contributed by atoms with Crippen LogP contribution in [0.15, 0.2) is 0 Å². The van der Waals surface area contributed by atoms with E-state index in [9.17, 15) is 5.11 Å². The average molecular weight is 239 g/mol. The number of nitrogens with two attached hydrogens (primary N) is 1. The van der Waals surface area contributed by atoms with Crippen molar-refractivity contribution in [3.05, 3.63) is 0 Å². The predicted octanol–water partition coefficient (Wildman–Crippen LogP) is 3.23. The van der Waals surface area contributed by atoms with Crippen LogP contribution in [0.2, 0.25) is 0 Å². The van der Waals surface area contributed by atoms with Crippen molar-refractivity contribution in [1.82, 2.24) is 0 Å². The van der Waals surface area contributed by atoms with Crippen LogP contribution in [0.3, 0.4) is 0 Å². The minimum Gasteiger partial charge on any atom is -0.388 e. The molecule has 1 atom stereocenters. The van der Waals surface area contributed by atoms with Crippen molar-refractivity contribution < 1.29 is 5.11 Å². The molecule has 17 heavy (non-hydrogen) atoms. The summed E-state index contributed by atoms with van der Waals surface area (Å²) in [7, 11) is 0. The molecule has 1 unspecified atom stereocenters. The number of aliphatic hydroxyl groups is 1. The minimum absolute atomic E-state index is 0.322. The summed E-state index contributed by atoms with van der Waals surface area (Å²) in [5.74, 6) is 0. The first-order valence-corrected chi connectivity index (χ1v) is 7.09. The SMILES string of the molecule is CC1(C)CCCC(O)(C2(N)CC(C)(C)C2)CC1. The Kier molecular flexibility index (Phi) is 2.91. The van der Waals surface area contributed by atoms with Crippen LogP contribution in [0, 0.1) is 10.8 Å². The van der Waals surface area contributed by atoms with Gasteiger partial charge in [-0.05, 0) is 55.8 Å². The van der Waals surface area contributed by atoms with E-state index in [1.807, 2.05) is 0 Å². The quantitative estimate of drug-likeness (QED) is 0.690. The molecular formula is C15H29NO. The van der Waals surface area contributed by atoms with E-state index in [1.165, 1.54) is 6.42 Å². The molecule has 2 aliphatic carbocycles. The van der Waals surface area contributed by atoms with Gasteiger partial charge in [0.05, 0.1) is 5.60 Å². The van der Waals surface area contributed by atoms with Crippen molar-refractivity contribution in [1.29, 1.82) is 0 Å². The van der Waals surface area contributed by atoms with Gasteiger partial charge < -0.3 is 10.8 Å². The molecule has 0 radical (unpaired) electrons. The summed E-state index contributed by atoms with van der Waals surface area (Å²) in [5.41, 5.74) is 6.26. The van der Waals surface area contributed by atoms with Gasteiger partial charge in [-0.1, -0.05) is 27.7 Å². The van der Waals surface area contributed by atoms with Crippen LogP contribution in [0.4, 0.5) is 0 Å². The third-order valence-electron chi connectivity index (χ3n) is 5.17. The van der Waals surface area contributed by atoms with E-state index in [0.717, 1.165) is 38.5 Å². The second-order valence-corrected chi connectivity index (χ2v) is 8.22. The minimum atomic E-state index is -0.615. The van der Waals surface area contributed by atoms with Gasteiger partial charge in [-0.2, -0.15) is 0 Å². The molecule has 2 fully saturated rings. The molecular weight excluding hydrogens is 210 g/mol. The lowest BCUT2D eigenvalue weighted by Crippen LogP contribution is -2.69. The molecule has 0 saturated heterocycles. The molecule has 0 heterocycles. The zero-order valence-electron chi connectivity index (χ0n) is 12.0. The highest BCUT2D eigenvalue weighted by Gasteiger charge is 2.58. The van der Waals surface area contributed by atoms with Gasteiger partial charge in [0.2, 0.25) is 0 Å². The molecule has 0 aromatic rings. The molecule has 2 rings (SSSR count). The number of hydrogen-bond acceptors (Lipinski definition) is 2. The van der Waals surface area contributed by atoms with Crippen molar-refractivity contribution in [3.63, 3.8) is 0 Å². The van der Waals surface area contributed by atoms with E-state index in [-0.39, 0.29) is 5.54 Å². The Morgan fingerprint density at radius 3 is 1.94 bits per heavy atom. The van der Waals surface area contributed by atoms with Crippen molar-refractivity contribution in [2.45, 2.75) is 83.8 Å².